The summed E-state index contributed by atoms with van der Waals surface area (Å²) in [5, 5.41) is 13.2. The predicted octanol–water partition coefficient (Wildman–Crippen LogP) is 5.47. The Kier molecular flexibility index (Phi) is 7.01. The van der Waals surface area contributed by atoms with E-state index in [2.05, 4.69) is 53.6 Å². The zero-order valence-corrected chi connectivity index (χ0v) is 17.1. The highest BCUT2D eigenvalue weighted by molar-refractivity contribution is 8.00. The molecule has 3 aromatic rings. The van der Waals surface area contributed by atoms with E-state index in [4.69, 9.17) is 0 Å². The SMILES string of the molecule is CC(C)Sc1ccccc1C(=O)Nc1nnc(CCCc2ccccc2)s1. The smallest absolute Gasteiger partial charge is 0.258 e. The first kappa shape index (κ1) is 19.6. The van der Waals surface area contributed by atoms with Crippen LogP contribution in [0.3, 0.4) is 0 Å². The van der Waals surface area contributed by atoms with Crippen LogP contribution in [0.15, 0.2) is 59.5 Å². The molecule has 4 nitrogen and oxygen atoms in total. The van der Waals surface area contributed by atoms with E-state index in [1.54, 1.807) is 11.8 Å². The number of carbonyl (C=O) groups is 1. The second-order valence-corrected chi connectivity index (χ2v) is 9.14. The minimum Gasteiger partial charge on any atom is -0.296 e. The first-order valence-corrected chi connectivity index (χ1v) is 10.7. The minimum atomic E-state index is -0.134. The molecule has 0 radical (unpaired) electrons. The summed E-state index contributed by atoms with van der Waals surface area (Å²) in [7, 11) is 0. The van der Waals surface area contributed by atoms with Gasteiger partial charge in [0.2, 0.25) is 5.13 Å². The van der Waals surface area contributed by atoms with E-state index in [1.807, 2.05) is 30.3 Å². The Balaban J connectivity index is 1.57. The number of carbonyl (C=O) groups excluding carboxylic acids is 1. The Morgan fingerprint density at radius 1 is 1.04 bits per heavy atom. The van der Waals surface area contributed by atoms with Gasteiger partial charge in [0.15, 0.2) is 0 Å². The standard InChI is InChI=1S/C21H23N3OS2/c1-15(2)26-18-13-7-6-12-17(18)20(25)22-21-24-23-19(27-21)14-8-11-16-9-4-3-5-10-16/h3-7,9-10,12-13,15H,8,11,14H2,1-2H3,(H,22,24,25). The molecule has 140 valence electrons. The second-order valence-electron chi connectivity index (χ2n) is 6.46. The van der Waals surface area contributed by atoms with Crippen LogP contribution in [0.5, 0.6) is 0 Å². The topological polar surface area (TPSA) is 54.9 Å². The summed E-state index contributed by atoms with van der Waals surface area (Å²) in [6.45, 7) is 4.23. The van der Waals surface area contributed by atoms with Crippen LogP contribution in [0.1, 0.15) is 41.2 Å². The molecule has 27 heavy (non-hydrogen) atoms. The largest absolute Gasteiger partial charge is 0.296 e. The van der Waals surface area contributed by atoms with Gasteiger partial charge in [-0.1, -0.05) is 67.6 Å². The second kappa shape index (κ2) is 9.67. The number of nitrogens with one attached hydrogen (secondary N) is 1. The lowest BCUT2D eigenvalue weighted by atomic mass is 10.1. The van der Waals surface area contributed by atoms with Crippen molar-refractivity contribution in [2.45, 2.75) is 43.3 Å². The molecule has 0 bridgehead atoms. The van der Waals surface area contributed by atoms with Gasteiger partial charge in [-0.2, -0.15) is 0 Å². The summed E-state index contributed by atoms with van der Waals surface area (Å²) in [5.74, 6) is -0.134. The van der Waals surface area contributed by atoms with Crippen LogP contribution in [-0.2, 0) is 12.8 Å². The summed E-state index contributed by atoms with van der Waals surface area (Å²) in [4.78, 5) is 13.6. The normalized spacial score (nSPS) is 10.9. The van der Waals surface area contributed by atoms with E-state index in [-0.39, 0.29) is 5.91 Å². The van der Waals surface area contributed by atoms with Crippen molar-refractivity contribution >= 4 is 34.1 Å². The van der Waals surface area contributed by atoms with Crippen LogP contribution in [0.2, 0.25) is 0 Å². The maximum absolute atomic E-state index is 12.6. The molecular weight excluding hydrogens is 374 g/mol. The van der Waals surface area contributed by atoms with Crippen molar-refractivity contribution in [1.29, 1.82) is 0 Å². The van der Waals surface area contributed by atoms with Crippen LogP contribution < -0.4 is 5.32 Å². The van der Waals surface area contributed by atoms with Crippen molar-refractivity contribution in [3.05, 3.63) is 70.7 Å². The van der Waals surface area contributed by atoms with Crippen molar-refractivity contribution in [1.82, 2.24) is 10.2 Å². The van der Waals surface area contributed by atoms with Crippen molar-refractivity contribution in [2.75, 3.05) is 5.32 Å². The maximum atomic E-state index is 12.6. The Morgan fingerprint density at radius 3 is 2.56 bits per heavy atom. The van der Waals surface area contributed by atoms with Crippen LogP contribution in [0.4, 0.5) is 5.13 Å². The lowest BCUT2D eigenvalue weighted by Gasteiger charge is -2.10. The number of anilines is 1. The molecule has 1 N–H and O–H groups in total. The lowest BCUT2D eigenvalue weighted by Crippen LogP contribution is -2.13. The third-order valence-corrected chi connectivity index (χ3v) is 5.86. The minimum absolute atomic E-state index is 0.134. The number of rotatable bonds is 8. The van der Waals surface area contributed by atoms with E-state index in [9.17, 15) is 4.79 Å². The van der Waals surface area contributed by atoms with Gasteiger partial charge in [-0.15, -0.1) is 22.0 Å². The van der Waals surface area contributed by atoms with Crippen LogP contribution in [-0.4, -0.2) is 21.4 Å². The molecule has 6 heteroatoms. The Hall–Kier alpha value is -2.18. The molecule has 1 aromatic heterocycles. The number of hydrogen-bond donors (Lipinski definition) is 1. The quantitative estimate of drug-likeness (QED) is 0.512. The molecule has 0 saturated carbocycles. The number of thioether (sulfide) groups is 1. The van der Waals surface area contributed by atoms with Gasteiger partial charge in [-0.3, -0.25) is 10.1 Å². The average molecular weight is 398 g/mol. The summed E-state index contributed by atoms with van der Waals surface area (Å²) >= 11 is 3.13. The van der Waals surface area contributed by atoms with Crippen LogP contribution >= 0.6 is 23.1 Å². The Labute approximate surface area is 168 Å². The van der Waals surface area contributed by atoms with Gasteiger partial charge < -0.3 is 0 Å². The molecule has 1 amide bonds. The van der Waals surface area contributed by atoms with E-state index in [0.717, 1.165) is 29.2 Å². The van der Waals surface area contributed by atoms with E-state index in [0.29, 0.717) is 15.9 Å². The lowest BCUT2D eigenvalue weighted by molar-refractivity contribution is 0.102. The van der Waals surface area contributed by atoms with Gasteiger partial charge in [0.05, 0.1) is 5.56 Å². The molecule has 0 spiro atoms. The number of nitrogens with zero attached hydrogens (tertiary/aromatic N) is 2. The van der Waals surface area contributed by atoms with Gasteiger partial charge in [-0.05, 0) is 30.5 Å². The Bertz CT molecular complexity index is 878. The molecule has 0 aliphatic rings. The molecule has 0 atom stereocenters. The summed E-state index contributed by atoms with van der Waals surface area (Å²) < 4.78 is 0. The Morgan fingerprint density at radius 2 is 1.78 bits per heavy atom. The van der Waals surface area contributed by atoms with Gasteiger partial charge >= 0.3 is 0 Å². The monoisotopic (exact) mass is 397 g/mol. The molecular formula is C21H23N3OS2. The summed E-state index contributed by atoms with van der Waals surface area (Å²) in [6.07, 6.45) is 2.89. The average Bonchev–Trinajstić information content (AvgIpc) is 3.10. The fraction of sp³-hybridized carbons (Fsp3) is 0.286. The third-order valence-electron chi connectivity index (χ3n) is 3.88. The number of aromatic nitrogens is 2. The van der Waals surface area contributed by atoms with Gasteiger partial charge in [-0.25, -0.2) is 0 Å². The van der Waals surface area contributed by atoms with Crippen molar-refractivity contribution in [3.63, 3.8) is 0 Å². The van der Waals surface area contributed by atoms with Crippen molar-refractivity contribution in [2.24, 2.45) is 0 Å². The summed E-state index contributed by atoms with van der Waals surface area (Å²) in [5.41, 5.74) is 2.01. The molecule has 0 saturated heterocycles. The molecule has 1 heterocycles. The maximum Gasteiger partial charge on any atom is 0.258 e. The van der Waals surface area contributed by atoms with Crippen LogP contribution in [0.25, 0.3) is 0 Å². The van der Waals surface area contributed by atoms with Crippen LogP contribution in [0, 0.1) is 0 Å². The highest BCUT2D eigenvalue weighted by Gasteiger charge is 2.14. The molecule has 0 fully saturated rings. The highest BCUT2D eigenvalue weighted by Crippen LogP contribution is 2.27. The highest BCUT2D eigenvalue weighted by atomic mass is 32.2. The van der Waals surface area contributed by atoms with E-state index >= 15 is 0 Å². The van der Waals surface area contributed by atoms with Gasteiger partial charge in [0.25, 0.3) is 5.91 Å². The fourth-order valence-electron chi connectivity index (χ4n) is 2.67. The fourth-order valence-corrected chi connectivity index (χ4v) is 4.40. The van der Waals surface area contributed by atoms with Gasteiger partial charge in [0.1, 0.15) is 5.01 Å². The zero-order valence-electron chi connectivity index (χ0n) is 15.5. The summed E-state index contributed by atoms with van der Waals surface area (Å²) in [6, 6.07) is 18.1. The van der Waals surface area contributed by atoms with E-state index in [1.165, 1.54) is 16.9 Å². The van der Waals surface area contributed by atoms with Crippen molar-refractivity contribution < 1.29 is 4.79 Å². The molecule has 0 aliphatic heterocycles. The molecule has 0 aliphatic carbocycles. The molecule has 0 unspecified atom stereocenters. The first-order valence-electron chi connectivity index (χ1n) is 9.05. The number of amides is 1. The number of aryl methyl sites for hydroxylation is 2. The molecule has 2 aromatic carbocycles. The molecule has 3 rings (SSSR count). The zero-order chi connectivity index (χ0) is 19.1. The number of benzene rings is 2. The van der Waals surface area contributed by atoms with E-state index < -0.39 is 0 Å². The van der Waals surface area contributed by atoms with Crippen molar-refractivity contribution in [3.8, 4) is 0 Å². The first-order chi connectivity index (χ1) is 13.1. The predicted molar refractivity (Wildman–Crippen MR) is 114 cm³/mol. The van der Waals surface area contributed by atoms with Gasteiger partial charge in [0, 0.05) is 16.6 Å². The number of hydrogen-bond acceptors (Lipinski definition) is 5. The third kappa shape index (κ3) is 5.91.